The number of para-hydroxylation sites is 1. The standard InChI is InChI=1S/C21H17BrF2O2/c1-25-21-11-19(24)18(23)10-17(21)16-7-2-3-8-20(16)26-13-15-6-4-5-14(9-15)12-22/h2-11H,12-13H2,1H3. The predicted molar refractivity (Wildman–Crippen MR) is 102 cm³/mol. The SMILES string of the molecule is COc1cc(F)c(F)cc1-c1ccccc1OCc1cccc(CBr)c1. The zero-order chi connectivity index (χ0) is 18.5. The predicted octanol–water partition coefficient (Wildman–Crippen LogP) is 6.11. The van der Waals surface area contributed by atoms with E-state index in [2.05, 4.69) is 22.0 Å². The first-order valence-electron chi connectivity index (χ1n) is 8.01. The number of hydrogen-bond acceptors (Lipinski definition) is 2. The molecular weight excluding hydrogens is 402 g/mol. The van der Waals surface area contributed by atoms with Crippen LogP contribution in [0.5, 0.6) is 11.5 Å². The highest BCUT2D eigenvalue weighted by atomic mass is 79.9. The quantitative estimate of drug-likeness (QED) is 0.449. The van der Waals surface area contributed by atoms with Crippen LogP contribution in [0.25, 0.3) is 11.1 Å². The molecule has 5 heteroatoms. The van der Waals surface area contributed by atoms with Crippen LogP contribution in [-0.2, 0) is 11.9 Å². The summed E-state index contributed by atoms with van der Waals surface area (Å²) in [5, 5.41) is 0.767. The molecule has 0 amide bonds. The molecule has 26 heavy (non-hydrogen) atoms. The normalized spacial score (nSPS) is 10.6. The second-order valence-corrected chi connectivity index (χ2v) is 6.27. The maximum atomic E-state index is 13.8. The monoisotopic (exact) mass is 418 g/mol. The summed E-state index contributed by atoms with van der Waals surface area (Å²) in [5.41, 5.74) is 3.26. The van der Waals surface area contributed by atoms with Gasteiger partial charge in [0.25, 0.3) is 0 Å². The van der Waals surface area contributed by atoms with E-state index >= 15 is 0 Å². The molecule has 2 nitrogen and oxygen atoms in total. The lowest BCUT2D eigenvalue weighted by Gasteiger charge is -2.15. The van der Waals surface area contributed by atoms with Crippen LogP contribution < -0.4 is 9.47 Å². The van der Waals surface area contributed by atoms with Crippen LogP contribution in [0, 0.1) is 11.6 Å². The first-order chi connectivity index (χ1) is 12.6. The average Bonchev–Trinajstić information content (AvgIpc) is 2.68. The molecule has 0 aliphatic heterocycles. The highest BCUT2D eigenvalue weighted by Crippen LogP contribution is 2.37. The van der Waals surface area contributed by atoms with Gasteiger partial charge in [-0.25, -0.2) is 8.78 Å². The first kappa shape index (κ1) is 18.4. The fourth-order valence-electron chi connectivity index (χ4n) is 2.69. The van der Waals surface area contributed by atoms with Crippen molar-refractivity contribution in [2.45, 2.75) is 11.9 Å². The van der Waals surface area contributed by atoms with Crippen molar-refractivity contribution in [2.75, 3.05) is 7.11 Å². The first-order valence-corrected chi connectivity index (χ1v) is 9.13. The summed E-state index contributed by atoms with van der Waals surface area (Å²) in [7, 11) is 1.42. The minimum atomic E-state index is -0.949. The molecule has 0 saturated heterocycles. The maximum Gasteiger partial charge on any atom is 0.162 e. The van der Waals surface area contributed by atoms with Crippen LogP contribution in [0.2, 0.25) is 0 Å². The largest absolute Gasteiger partial charge is 0.496 e. The molecule has 0 unspecified atom stereocenters. The molecule has 0 heterocycles. The van der Waals surface area contributed by atoms with Crippen molar-refractivity contribution < 1.29 is 18.3 Å². The highest BCUT2D eigenvalue weighted by molar-refractivity contribution is 9.08. The summed E-state index contributed by atoms with van der Waals surface area (Å²) < 4.78 is 38.5. The average molecular weight is 419 g/mol. The zero-order valence-corrected chi connectivity index (χ0v) is 15.7. The second-order valence-electron chi connectivity index (χ2n) is 5.71. The Kier molecular flexibility index (Phi) is 5.89. The van der Waals surface area contributed by atoms with Crippen LogP contribution in [0.1, 0.15) is 11.1 Å². The van der Waals surface area contributed by atoms with E-state index in [9.17, 15) is 8.78 Å². The summed E-state index contributed by atoms with van der Waals surface area (Å²) in [6, 6.07) is 17.4. The topological polar surface area (TPSA) is 18.5 Å². The van der Waals surface area contributed by atoms with Gasteiger partial charge in [0.2, 0.25) is 0 Å². The van der Waals surface area contributed by atoms with Crippen LogP contribution in [-0.4, -0.2) is 7.11 Å². The number of hydrogen-bond donors (Lipinski definition) is 0. The van der Waals surface area contributed by atoms with Crippen LogP contribution in [0.4, 0.5) is 8.78 Å². The van der Waals surface area contributed by atoms with E-state index in [1.807, 2.05) is 30.3 Å². The lowest BCUT2D eigenvalue weighted by molar-refractivity contribution is 0.307. The second kappa shape index (κ2) is 8.32. The lowest BCUT2D eigenvalue weighted by atomic mass is 10.0. The lowest BCUT2D eigenvalue weighted by Crippen LogP contribution is -1.99. The third kappa shape index (κ3) is 4.05. The molecule has 0 aromatic heterocycles. The summed E-state index contributed by atoms with van der Waals surface area (Å²) in [5.74, 6) is -1.06. The van der Waals surface area contributed by atoms with Crippen molar-refractivity contribution in [1.82, 2.24) is 0 Å². The Morgan fingerprint density at radius 3 is 2.31 bits per heavy atom. The molecule has 3 rings (SSSR count). The van der Waals surface area contributed by atoms with E-state index in [4.69, 9.17) is 9.47 Å². The summed E-state index contributed by atoms with van der Waals surface area (Å²) in [4.78, 5) is 0. The molecule has 0 aliphatic rings. The fraction of sp³-hybridized carbons (Fsp3) is 0.143. The Balaban J connectivity index is 1.93. The van der Waals surface area contributed by atoms with E-state index in [-0.39, 0.29) is 5.75 Å². The Morgan fingerprint density at radius 1 is 0.808 bits per heavy atom. The Labute approximate surface area is 159 Å². The van der Waals surface area contributed by atoms with Gasteiger partial charge in [-0.3, -0.25) is 0 Å². The van der Waals surface area contributed by atoms with Crippen molar-refractivity contribution in [3.63, 3.8) is 0 Å². The zero-order valence-electron chi connectivity index (χ0n) is 14.1. The number of methoxy groups -OCH3 is 1. The number of alkyl halides is 1. The summed E-state index contributed by atoms with van der Waals surface area (Å²) >= 11 is 3.44. The molecular formula is C21H17BrF2O2. The van der Waals surface area contributed by atoms with Crippen molar-refractivity contribution in [3.8, 4) is 22.6 Å². The number of rotatable bonds is 6. The van der Waals surface area contributed by atoms with Crippen molar-refractivity contribution in [3.05, 3.63) is 83.4 Å². The Hall–Kier alpha value is -2.40. The summed E-state index contributed by atoms with van der Waals surface area (Å²) in [6.45, 7) is 0.365. The smallest absolute Gasteiger partial charge is 0.162 e. The minimum Gasteiger partial charge on any atom is -0.496 e. The molecule has 0 fully saturated rings. The van der Waals surface area contributed by atoms with Gasteiger partial charge in [-0.2, -0.15) is 0 Å². The van der Waals surface area contributed by atoms with Crippen LogP contribution in [0.3, 0.4) is 0 Å². The minimum absolute atomic E-state index is 0.251. The Morgan fingerprint density at radius 2 is 1.54 bits per heavy atom. The molecule has 3 aromatic rings. The molecule has 0 aliphatic carbocycles. The van der Waals surface area contributed by atoms with Gasteiger partial charge in [-0.1, -0.05) is 58.4 Å². The van der Waals surface area contributed by atoms with Gasteiger partial charge in [0.1, 0.15) is 18.1 Å². The third-order valence-electron chi connectivity index (χ3n) is 3.96. The van der Waals surface area contributed by atoms with Gasteiger partial charge in [0.05, 0.1) is 7.11 Å². The van der Waals surface area contributed by atoms with Crippen molar-refractivity contribution in [1.29, 1.82) is 0 Å². The number of ether oxygens (including phenoxy) is 2. The van der Waals surface area contributed by atoms with Gasteiger partial charge in [-0.05, 0) is 23.3 Å². The van der Waals surface area contributed by atoms with Crippen molar-refractivity contribution in [2.24, 2.45) is 0 Å². The maximum absolute atomic E-state index is 13.8. The van der Waals surface area contributed by atoms with Crippen LogP contribution in [0.15, 0.2) is 60.7 Å². The Bertz CT molecular complexity index is 912. The molecule has 3 aromatic carbocycles. The molecule has 134 valence electrons. The van der Waals surface area contributed by atoms with E-state index in [0.29, 0.717) is 23.5 Å². The molecule has 0 saturated carbocycles. The van der Waals surface area contributed by atoms with Gasteiger partial charge < -0.3 is 9.47 Å². The summed E-state index contributed by atoms with van der Waals surface area (Å²) in [6.07, 6.45) is 0. The number of halogens is 3. The van der Waals surface area contributed by atoms with Crippen molar-refractivity contribution >= 4 is 15.9 Å². The van der Waals surface area contributed by atoms with E-state index in [0.717, 1.165) is 28.6 Å². The van der Waals surface area contributed by atoms with E-state index < -0.39 is 11.6 Å². The third-order valence-corrected chi connectivity index (χ3v) is 4.61. The molecule has 0 atom stereocenters. The van der Waals surface area contributed by atoms with Gasteiger partial charge >= 0.3 is 0 Å². The number of benzene rings is 3. The fourth-order valence-corrected chi connectivity index (χ4v) is 3.04. The van der Waals surface area contributed by atoms with Gasteiger partial charge in [-0.15, -0.1) is 0 Å². The van der Waals surface area contributed by atoms with E-state index in [1.54, 1.807) is 12.1 Å². The van der Waals surface area contributed by atoms with Crippen LogP contribution >= 0.6 is 15.9 Å². The molecule has 0 bridgehead atoms. The highest BCUT2D eigenvalue weighted by Gasteiger charge is 2.15. The van der Waals surface area contributed by atoms with E-state index in [1.165, 1.54) is 7.11 Å². The van der Waals surface area contributed by atoms with Gasteiger partial charge in [0.15, 0.2) is 11.6 Å². The molecule has 0 radical (unpaired) electrons. The van der Waals surface area contributed by atoms with Gasteiger partial charge in [0, 0.05) is 22.5 Å². The molecule has 0 spiro atoms. The molecule has 0 N–H and O–H groups in total.